The number of methoxy groups -OCH3 is 1. The van der Waals surface area contributed by atoms with E-state index in [2.05, 4.69) is 0 Å². The molecule has 0 saturated heterocycles. The zero-order chi connectivity index (χ0) is 14.7. The van der Waals surface area contributed by atoms with Crippen LogP contribution in [0.1, 0.15) is 5.56 Å². The number of hydrogen-bond acceptors (Lipinski definition) is 3. The van der Waals surface area contributed by atoms with Gasteiger partial charge in [-0.2, -0.15) is 0 Å². The van der Waals surface area contributed by atoms with E-state index in [4.69, 9.17) is 50.0 Å². The molecule has 20 heavy (non-hydrogen) atoms. The lowest BCUT2D eigenvalue weighted by Crippen LogP contribution is -2.00. The molecule has 0 radical (unpaired) electrons. The highest BCUT2D eigenvalue weighted by atomic mass is 35.5. The largest absolute Gasteiger partial charge is 0.496 e. The van der Waals surface area contributed by atoms with E-state index in [1.165, 1.54) is 0 Å². The molecule has 2 N–H and O–H groups in total. The fourth-order valence-corrected chi connectivity index (χ4v) is 2.24. The second kappa shape index (κ2) is 6.44. The Balaban J connectivity index is 2.19. The number of benzene rings is 2. The molecule has 0 aromatic heterocycles. The van der Waals surface area contributed by atoms with Crippen LogP contribution >= 0.6 is 34.8 Å². The van der Waals surface area contributed by atoms with E-state index in [1.54, 1.807) is 31.4 Å². The van der Waals surface area contributed by atoms with Crippen molar-refractivity contribution in [2.45, 2.75) is 6.61 Å². The number of ether oxygens (including phenoxy) is 2. The Bertz CT molecular complexity index is 632. The van der Waals surface area contributed by atoms with E-state index in [9.17, 15) is 0 Å². The SMILES string of the molecule is COc1cc(N)ccc1COc1cc(Cl)c(Cl)cc1Cl. The normalized spacial score (nSPS) is 10.4. The minimum absolute atomic E-state index is 0.279. The van der Waals surface area contributed by atoms with Crippen molar-refractivity contribution in [3.63, 3.8) is 0 Å². The summed E-state index contributed by atoms with van der Waals surface area (Å²) >= 11 is 17.8. The molecule has 106 valence electrons. The molecule has 3 nitrogen and oxygen atoms in total. The van der Waals surface area contributed by atoms with Crippen molar-refractivity contribution < 1.29 is 9.47 Å². The maximum Gasteiger partial charge on any atom is 0.139 e. The van der Waals surface area contributed by atoms with Crippen LogP contribution in [0.5, 0.6) is 11.5 Å². The zero-order valence-electron chi connectivity index (χ0n) is 10.6. The number of anilines is 1. The Morgan fingerprint density at radius 3 is 2.35 bits per heavy atom. The van der Waals surface area contributed by atoms with Crippen LogP contribution < -0.4 is 15.2 Å². The summed E-state index contributed by atoms with van der Waals surface area (Å²) in [6.45, 7) is 0.279. The lowest BCUT2D eigenvalue weighted by Gasteiger charge is -2.12. The molecule has 0 heterocycles. The van der Waals surface area contributed by atoms with Gasteiger partial charge in [0.15, 0.2) is 0 Å². The van der Waals surface area contributed by atoms with E-state index in [1.807, 2.05) is 6.07 Å². The second-order valence-corrected chi connectivity index (χ2v) is 5.28. The maximum absolute atomic E-state index is 6.05. The summed E-state index contributed by atoms with van der Waals surface area (Å²) in [4.78, 5) is 0. The van der Waals surface area contributed by atoms with Crippen molar-refractivity contribution in [3.8, 4) is 11.5 Å². The fourth-order valence-electron chi connectivity index (χ4n) is 1.65. The summed E-state index contributed by atoms with van der Waals surface area (Å²) < 4.78 is 10.9. The van der Waals surface area contributed by atoms with Crippen LogP contribution in [-0.2, 0) is 6.61 Å². The van der Waals surface area contributed by atoms with Gasteiger partial charge in [0, 0.05) is 23.4 Å². The quantitative estimate of drug-likeness (QED) is 0.645. The Morgan fingerprint density at radius 2 is 1.65 bits per heavy atom. The lowest BCUT2D eigenvalue weighted by molar-refractivity contribution is 0.297. The third kappa shape index (κ3) is 3.42. The van der Waals surface area contributed by atoms with Gasteiger partial charge in [-0.1, -0.05) is 34.8 Å². The molecule has 0 saturated carbocycles. The van der Waals surface area contributed by atoms with Crippen LogP contribution in [0.15, 0.2) is 30.3 Å². The number of hydrogen-bond donors (Lipinski definition) is 1. The topological polar surface area (TPSA) is 44.5 Å². The first-order chi connectivity index (χ1) is 9.51. The number of rotatable bonds is 4. The average Bonchev–Trinajstić information content (AvgIpc) is 2.42. The third-order valence-corrected chi connectivity index (χ3v) is 3.69. The minimum Gasteiger partial charge on any atom is -0.496 e. The molecule has 0 amide bonds. The van der Waals surface area contributed by atoms with E-state index in [0.717, 1.165) is 5.56 Å². The smallest absolute Gasteiger partial charge is 0.139 e. The van der Waals surface area contributed by atoms with Crippen molar-refractivity contribution in [2.24, 2.45) is 0 Å². The summed E-state index contributed by atoms with van der Waals surface area (Å²) in [5.74, 6) is 1.11. The molecule has 0 spiro atoms. The van der Waals surface area contributed by atoms with Crippen molar-refractivity contribution >= 4 is 40.5 Å². The molecule has 0 aliphatic carbocycles. The van der Waals surface area contributed by atoms with E-state index in [0.29, 0.717) is 32.3 Å². The van der Waals surface area contributed by atoms with Gasteiger partial charge in [-0.05, 0) is 18.2 Å². The van der Waals surface area contributed by atoms with Crippen molar-refractivity contribution in [2.75, 3.05) is 12.8 Å². The number of halogens is 3. The first-order valence-electron chi connectivity index (χ1n) is 5.71. The molecule has 6 heteroatoms. The van der Waals surface area contributed by atoms with Crippen LogP contribution in [0.25, 0.3) is 0 Å². The van der Waals surface area contributed by atoms with Crippen molar-refractivity contribution in [1.82, 2.24) is 0 Å². The first kappa shape index (κ1) is 15.1. The summed E-state index contributed by atoms with van der Waals surface area (Å²) in [5.41, 5.74) is 7.17. The molecule has 0 aliphatic rings. The predicted octanol–water partition coefficient (Wildman–Crippen LogP) is 4.82. The molecule has 2 aromatic rings. The molecule has 2 aromatic carbocycles. The maximum atomic E-state index is 6.05. The monoisotopic (exact) mass is 331 g/mol. The molecular weight excluding hydrogens is 321 g/mol. The summed E-state index contributed by atoms with van der Waals surface area (Å²) in [6, 6.07) is 8.46. The Kier molecular flexibility index (Phi) is 4.86. The van der Waals surface area contributed by atoms with Gasteiger partial charge >= 0.3 is 0 Å². The van der Waals surface area contributed by atoms with Gasteiger partial charge in [-0.15, -0.1) is 0 Å². The van der Waals surface area contributed by atoms with Gasteiger partial charge in [0.25, 0.3) is 0 Å². The van der Waals surface area contributed by atoms with Crippen LogP contribution in [0, 0.1) is 0 Å². The summed E-state index contributed by atoms with van der Waals surface area (Å²) in [5, 5.41) is 1.17. The molecule has 0 fully saturated rings. The zero-order valence-corrected chi connectivity index (χ0v) is 12.9. The van der Waals surface area contributed by atoms with Crippen LogP contribution in [0.3, 0.4) is 0 Å². The molecular formula is C14H12Cl3NO2. The van der Waals surface area contributed by atoms with E-state index in [-0.39, 0.29) is 6.61 Å². The lowest BCUT2D eigenvalue weighted by atomic mass is 10.2. The Labute approximate surface area is 132 Å². The average molecular weight is 333 g/mol. The molecule has 0 aliphatic heterocycles. The Hall–Kier alpha value is -1.29. The molecule has 0 atom stereocenters. The standard InChI is InChI=1S/C14H12Cl3NO2/c1-19-13-4-9(18)3-2-8(13)7-20-14-6-11(16)10(15)5-12(14)17/h2-6H,7,18H2,1H3. The van der Waals surface area contributed by atoms with Gasteiger partial charge < -0.3 is 15.2 Å². The third-order valence-electron chi connectivity index (χ3n) is 2.67. The first-order valence-corrected chi connectivity index (χ1v) is 6.84. The van der Waals surface area contributed by atoms with Gasteiger partial charge in [0.05, 0.1) is 22.2 Å². The van der Waals surface area contributed by atoms with Crippen molar-refractivity contribution in [3.05, 3.63) is 51.0 Å². The van der Waals surface area contributed by atoms with Crippen molar-refractivity contribution in [1.29, 1.82) is 0 Å². The highest BCUT2D eigenvalue weighted by molar-refractivity contribution is 6.43. The summed E-state index contributed by atoms with van der Waals surface area (Å²) in [6.07, 6.45) is 0. The molecule has 0 bridgehead atoms. The summed E-state index contributed by atoms with van der Waals surface area (Å²) in [7, 11) is 1.57. The number of nitrogens with two attached hydrogens (primary N) is 1. The minimum atomic E-state index is 0.279. The molecule has 0 unspecified atom stereocenters. The molecule has 2 rings (SSSR count). The van der Waals surface area contributed by atoms with Gasteiger partial charge in [0.1, 0.15) is 18.1 Å². The van der Waals surface area contributed by atoms with Gasteiger partial charge in [-0.3, -0.25) is 0 Å². The highest BCUT2D eigenvalue weighted by Gasteiger charge is 2.09. The van der Waals surface area contributed by atoms with E-state index >= 15 is 0 Å². The highest BCUT2D eigenvalue weighted by Crippen LogP contribution is 2.34. The van der Waals surface area contributed by atoms with Gasteiger partial charge in [-0.25, -0.2) is 0 Å². The fraction of sp³-hybridized carbons (Fsp3) is 0.143. The second-order valence-electron chi connectivity index (χ2n) is 4.06. The van der Waals surface area contributed by atoms with Gasteiger partial charge in [0.2, 0.25) is 0 Å². The van der Waals surface area contributed by atoms with Crippen LogP contribution in [0.2, 0.25) is 15.1 Å². The van der Waals surface area contributed by atoms with Crippen LogP contribution in [0.4, 0.5) is 5.69 Å². The predicted molar refractivity (Wildman–Crippen MR) is 83.2 cm³/mol. The Morgan fingerprint density at radius 1 is 0.950 bits per heavy atom. The van der Waals surface area contributed by atoms with Crippen LogP contribution in [-0.4, -0.2) is 7.11 Å². The number of nitrogen functional groups attached to an aromatic ring is 1. The van der Waals surface area contributed by atoms with E-state index < -0.39 is 0 Å².